The van der Waals surface area contributed by atoms with Crippen LogP contribution in [0.25, 0.3) is 0 Å². The van der Waals surface area contributed by atoms with Gasteiger partial charge in [0.1, 0.15) is 11.6 Å². The molecule has 0 aliphatic heterocycles. The van der Waals surface area contributed by atoms with Crippen molar-refractivity contribution in [3.8, 4) is 0 Å². The highest BCUT2D eigenvalue weighted by Gasteiger charge is 2.10. The molecule has 5 nitrogen and oxygen atoms in total. The number of hydrogen-bond donors (Lipinski definition) is 1. The van der Waals surface area contributed by atoms with E-state index in [2.05, 4.69) is 28.7 Å². The van der Waals surface area contributed by atoms with Crippen molar-refractivity contribution < 1.29 is 4.74 Å². The summed E-state index contributed by atoms with van der Waals surface area (Å²) in [5.41, 5.74) is 6.65. The van der Waals surface area contributed by atoms with Crippen molar-refractivity contribution in [2.75, 3.05) is 32.5 Å². The number of aromatic nitrogens is 2. The number of nitrogen functional groups attached to an aromatic ring is 1. The van der Waals surface area contributed by atoms with E-state index in [1.54, 1.807) is 13.2 Å². The molecule has 0 radical (unpaired) electrons. The summed E-state index contributed by atoms with van der Waals surface area (Å²) in [5, 5.41) is 0. The molecule has 0 aliphatic rings. The van der Waals surface area contributed by atoms with Crippen molar-refractivity contribution in [2.24, 2.45) is 5.92 Å². The van der Waals surface area contributed by atoms with E-state index in [0.29, 0.717) is 24.9 Å². The second-order valence-electron chi connectivity index (χ2n) is 4.97. The molecule has 1 aromatic rings. The van der Waals surface area contributed by atoms with Crippen LogP contribution in [-0.2, 0) is 11.3 Å². The zero-order chi connectivity index (χ0) is 13.5. The highest BCUT2D eigenvalue weighted by atomic mass is 16.5. The van der Waals surface area contributed by atoms with Gasteiger partial charge in [0.15, 0.2) is 0 Å². The molecule has 0 aliphatic carbocycles. The van der Waals surface area contributed by atoms with E-state index in [-0.39, 0.29) is 0 Å². The molecule has 0 saturated carbocycles. The van der Waals surface area contributed by atoms with Gasteiger partial charge in [-0.3, -0.25) is 4.90 Å². The Bertz CT molecular complexity index is 348. The van der Waals surface area contributed by atoms with Gasteiger partial charge in [-0.2, -0.15) is 0 Å². The maximum Gasteiger partial charge on any atom is 0.144 e. The average Bonchev–Trinajstić information content (AvgIpc) is 2.23. The second kappa shape index (κ2) is 7.28. The summed E-state index contributed by atoms with van der Waals surface area (Å²) in [6.45, 7) is 9.65. The fourth-order valence-electron chi connectivity index (χ4n) is 1.90. The van der Waals surface area contributed by atoms with Crippen molar-refractivity contribution in [3.05, 3.63) is 17.6 Å². The van der Waals surface area contributed by atoms with Crippen LogP contribution in [0.3, 0.4) is 0 Å². The molecule has 1 rings (SSSR count). The van der Waals surface area contributed by atoms with Crippen LogP contribution in [0.1, 0.15) is 25.4 Å². The molecule has 1 aromatic heterocycles. The van der Waals surface area contributed by atoms with Gasteiger partial charge in [0, 0.05) is 32.0 Å². The Kier molecular flexibility index (Phi) is 6.01. The molecule has 0 fully saturated rings. The van der Waals surface area contributed by atoms with E-state index in [9.17, 15) is 0 Å². The molecule has 0 aromatic carbocycles. The van der Waals surface area contributed by atoms with Gasteiger partial charge in [-0.1, -0.05) is 13.8 Å². The predicted molar refractivity (Wildman–Crippen MR) is 73.2 cm³/mol. The number of nitrogens with zero attached hydrogens (tertiary/aromatic N) is 3. The first-order valence-electron chi connectivity index (χ1n) is 6.32. The number of rotatable bonds is 7. The smallest absolute Gasteiger partial charge is 0.144 e. The quantitative estimate of drug-likeness (QED) is 0.796. The van der Waals surface area contributed by atoms with Crippen molar-refractivity contribution in [1.82, 2.24) is 14.9 Å². The van der Waals surface area contributed by atoms with Crippen molar-refractivity contribution in [2.45, 2.75) is 27.3 Å². The van der Waals surface area contributed by atoms with Gasteiger partial charge in [-0.25, -0.2) is 9.97 Å². The van der Waals surface area contributed by atoms with E-state index in [1.807, 2.05) is 6.92 Å². The van der Waals surface area contributed by atoms with Gasteiger partial charge in [0.25, 0.3) is 0 Å². The van der Waals surface area contributed by atoms with Crippen LogP contribution in [0.4, 0.5) is 5.82 Å². The molecule has 2 N–H and O–H groups in total. The molecular formula is C13H24N4O. The fraction of sp³-hybridized carbons (Fsp3) is 0.692. The van der Waals surface area contributed by atoms with Gasteiger partial charge in [0.2, 0.25) is 0 Å². The minimum atomic E-state index is 0.536. The second-order valence-corrected chi connectivity index (χ2v) is 4.97. The summed E-state index contributed by atoms with van der Waals surface area (Å²) in [5.74, 6) is 1.92. The number of methoxy groups -OCH3 is 1. The SMILES string of the molecule is COCCN(Cc1nc(C)cc(N)n1)CC(C)C. The highest BCUT2D eigenvalue weighted by molar-refractivity contribution is 5.29. The third-order valence-electron chi connectivity index (χ3n) is 2.52. The monoisotopic (exact) mass is 252 g/mol. The molecule has 18 heavy (non-hydrogen) atoms. The van der Waals surface area contributed by atoms with Gasteiger partial charge in [-0.05, 0) is 12.8 Å². The first kappa shape index (κ1) is 14.9. The van der Waals surface area contributed by atoms with Crippen molar-refractivity contribution in [1.29, 1.82) is 0 Å². The summed E-state index contributed by atoms with van der Waals surface area (Å²) in [6, 6.07) is 1.78. The minimum Gasteiger partial charge on any atom is -0.384 e. The first-order chi connectivity index (χ1) is 8.51. The molecule has 0 saturated heterocycles. The third-order valence-corrected chi connectivity index (χ3v) is 2.52. The van der Waals surface area contributed by atoms with Gasteiger partial charge >= 0.3 is 0 Å². The van der Waals surface area contributed by atoms with E-state index < -0.39 is 0 Å². The lowest BCUT2D eigenvalue weighted by Crippen LogP contribution is -2.31. The Balaban J connectivity index is 2.68. The van der Waals surface area contributed by atoms with Gasteiger partial charge in [-0.15, -0.1) is 0 Å². The molecule has 102 valence electrons. The lowest BCUT2D eigenvalue weighted by Gasteiger charge is -2.23. The van der Waals surface area contributed by atoms with Crippen LogP contribution in [0.2, 0.25) is 0 Å². The molecular weight excluding hydrogens is 228 g/mol. The maximum atomic E-state index is 5.74. The first-order valence-corrected chi connectivity index (χ1v) is 6.32. The van der Waals surface area contributed by atoms with Gasteiger partial charge in [0.05, 0.1) is 13.2 Å². The average molecular weight is 252 g/mol. The summed E-state index contributed by atoms with van der Waals surface area (Å²) in [4.78, 5) is 11.0. The standard InChI is InChI=1S/C13H24N4O/c1-10(2)8-17(5-6-18-4)9-13-15-11(3)7-12(14)16-13/h7,10H,5-6,8-9H2,1-4H3,(H2,14,15,16). The van der Waals surface area contributed by atoms with Crippen molar-refractivity contribution >= 4 is 5.82 Å². The summed E-state index contributed by atoms with van der Waals surface area (Å²) >= 11 is 0. The Morgan fingerprint density at radius 2 is 2.11 bits per heavy atom. The van der Waals surface area contributed by atoms with Crippen LogP contribution >= 0.6 is 0 Å². The zero-order valence-corrected chi connectivity index (χ0v) is 11.8. The Morgan fingerprint density at radius 1 is 1.39 bits per heavy atom. The van der Waals surface area contributed by atoms with Crippen LogP contribution in [0.15, 0.2) is 6.07 Å². The van der Waals surface area contributed by atoms with Gasteiger partial charge < -0.3 is 10.5 Å². The molecule has 0 atom stereocenters. The highest BCUT2D eigenvalue weighted by Crippen LogP contribution is 2.07. The summed E-state index contributed by atoms with van der Waals surface area (Å²) < 4.78 is 5.13. The lowest BCUT2D eigenvalue weighted by atomic mass is 10.2. The normalized spacial score (nSPS) is 11.4. The fourth-order valence-corrected chi connectivity index (χ4v) is 1.90. The third kappa shape index (κ3) is 5.42. The topological polar surface area (TPSA) is 64.3 Å². The van der Waals surface area contributed by atoms with E-state index >= 15 is 0 Å². The molecule has 0 spiro atoms. The summed E-state index contributed by atoms with van der Waals surface area (Å²) in [7, 11) is 1.72. The van der Waals surface area contributed by atoms with Crippen LogP contribution in [0.5, 0.6) is 0 Å². The number of nitrogens with two attached hydrogens (primary N) is 1. The number of anilines is 1. The Labute approximate surface area is 109 Å². The zero-order valence-electron chi connectivity index (χ0n) is 11.8. The lowest BCUT2D eigenvalue weighted by molar-refractivity contribution is 0.134. The Hall–Kier alpha value is -1.20. The maximum absolute atomic E-state index is 5.74. The largest absolute Gasteiger partial charge is 0.384 e. The molecule has 0 bridgehead atoms. The minimum absolute atomic E-state index is 0.536. The molecule has 1 heterocycles. The number of aryl methyl sites for hydroxylation is 1. The molecule has 5 heteroatoms. The van der Waals surface area contributed by atoms with E-state index in [4.69, 9.17) is 10.5 Å². The number of ether oxygens (including phenoxy) is 1. The molecule has 0 unspecified atom stereocenters. The molecule has 0 amide bonds. The van der Waals surface area contributed by atoms with Crippen LogP contribution in [-0.4, -0.2) is 41.7 Å². The van der Waals surface area contributed by atoms with E-state index in [0.717, 1.165) is 24.6 Å². The summed E-state index contributed by atoms with van der Waals surface area (Å²) in [6.07, 6.45) is 0. The van der Waals surface area contributed by atoms with Crippen molar-refractivity contribution in [3.63, 3.8) is 0 Å². The predicted octanol–water partition coefficient (Wildman–Crippen LogP) is 1.47. The Morgan fingerprint density at radius 3 is 2.67 bits per heavy atom. The van der Waals surface area contributed by atoms with Crippen LogP contribution < -0.4 is 5.73 Å². The van der Waals surface area contributed by atoms with E-state index in [1.165, 1.54) is 0 Å². The van der Waals surface area contributed by atoms with Crippen LogP contribution in [0, 0.1) is 12.8 Å². The number of hydrogen-bond acceptors (Lipinski definition) is 5.